The van der Waals surface area contributed by atoms with E-state index in [0.717, 1.165) is 5.56 Å². The topological polar surface area (TPSA) is 69.4 Å². The summed E-state index contributed by atoms with van der Waals surface area (Å²) in [7, 11) is 0. The molecule has 0 bridgehead atoms. The van der Waals surface area contributed by atoms with E-state index in [4.69, 9.17) is 4.74 Å². The van der Waals surface area contributed by atoms with E-state index < -0.39 is 4.92 Å². The molecule has 5 nitrogen and oxygen atoms in total. The van der Waals surface area contributed by atoms with Gasteiger partial charge in [-0.3, -0.25) is 14.9 Å². The van der Waals surface area contributed by atoms with Crippen LogP contribution in [0.1, 0.15) is 28.4 Å². The van der Waals surface area contributed by atoms with Crippen LogP contribution in [0, 0.1) is 17.0 Å². The quantitative estimate of drug-likeness (QED) is 0.477. The Morgan fingerprint density at radius 3 is 2.43 bits per heavy atom. The van der Waals surface area contributed by atoms with E-state index in [1.807, 2.05) is 30.3 Å². The number of nitrogens with zero attached hydrogens (tertiary/aromatic N) is 1. The Bertz CT molecular complexity index is 680. The van der Waals surface area contributed by atoms with Crippen molar-refractivity contribution in [2.45, 2.75) is 20.5 Å². The Morgan fingerprint density at radius 1 is 1.19 bits per heavy atom. The number of benzene rings is 2. The summed E-state index contributed by atoms with van der Waals surface area (Å²) in [4.78, 5) is 22.1. The lowest BCUT2D eigenvalue weighted by molar-refractivity contribution is -0.385. The summed E-state index contributed by atoms with van der Waals surface area (Å²) < 4.78 is 5.63. The SMILES string of the molecule is CC(=O)c1ccc(OCc2ccccc2)c(C)c1[N+](=O)[O-]. The zero-order valence-corrected chi connectivity index (χ0v) is 11.8. The first kappa shape index (κ1) is 14.7. The van der Waals surface area contributed by atoms with Gasteiger partial charge < -0.3 is 4.74 Å². The fourth-order valence-electron chi connectivity index (χ4n) is 2.09. The Morgan fingerprint density at radius 2 is 1.86 bits per heavy atom. The van der Waals surface area contributed by atoms with E-state index in [0.29, 0.717) is 17.9 Å². The zero-order valence-electron chi connectivity index (χ0n) is 11.8. The van der Waals surface area contributed by atoms with Crippen molar-refractivity contribution in [3.05, 3.63) is 69.3 Å². The Labute approximate surface area is 122 Å². The standard InChI is InChI=1S/C16H15NO4/c1-11-15(21-10-13-6-4-3-5-7-13)9-8-14(12(2)18)16(11)17(19)20/h3-9H,10H2,1-2H3. The molecule has 0 amide bonds. The molecule has 108 valence electrons. The number of Topliss-reactive ketones (excluding diaryl/α,β-unsaturated/α-hetero) is 1. The summed E-state index contributed by atoms with van der Waals surface area (Å²) in [6, 6.07) is 12.6. The van der Waals surface area contributed by atoms with Gasteiger partial charge in [0.1, 0.15) is 12.4 Å². The molecule has 0 saturated heterocycles. The minimum absolute atomic E-state index is 0.101. The van der Waals surface area contributed by atoms with Crippen LogP contribution in [0.5, 0.6) is 5.75 Å². The van der Waals surface area contributed by atoms with Crippen molar-refractivity contribution < 1.29 is 14.5 Å². The fourth-order valence-corrected chi connectivity index (χ4v) is 2.09. The molecule has 0 aliphatic rings. The Balaban J connectivity index is 2.31. The van der Waals surface area contributed by atoms with E-state index in [9.17, 15) is 14.9 Å². The largest absolute Gasteiger partial charge is 0.488 e. The smallest absolute Gasteiger partial charge is 0.286 e. The number of hydrogen-bond acceptors (Lipinski definition) is 4. The van der Waals surface area contributed by atoms with Crippen molar-refractivity contribution in [1.29, 1.82) is 0 Å². The number of rotatable bonds is 5. The monoisotopic (exact) mass is 285 g/mol. The first-order chi connectivity index (χ1) is 10.0. The highest BCUT2D eigenvalue weighted by Crippen LogP contribution is 2.32. The third kappa shape index (κ3) is 3.25. The lowest BCUT2D eigenvalue weighted by atomic mass is 10.0. The van der Waals surface area contributed by atoms with Crippen molar-refractivity contribution in [3.8, 4) is 5.75 Å². The van der Waals surface area contributed by atoms with Gasteiger partial charge in [-0.2, -0.15) is 0 Å². The summed E-state index contributed by atoms with van der Waals surface area (Å²) in [5.41, 5.74) is 1.25. The molecule has 21 heavy (non-hydrogen) atoms. The van der Waals surface area contributed by atoms with Gasteiger partial charge in [-0.1, -0.05) is 30.3 Å². The molecule has 0 aliphatic heterocycles. The normalized spacial score (nSPS) is 10.2. The lowest BCUT2D eigenvalue weighted by Gasteiger charge is -2.11. The molecule has 0 heterocycles. The maximum atomic E-state index is 11.5. The number of ether oxygens (including phenoxy) is 1. The van der Waals surface area contributed by atoms with Gasteiger partial charge in [0, 0.05) is 0 Å². The molecule has 2 aromatic carbocycles. The van der Waals surface area contributed by atoms with Crippen LogP contribution in [0.2, 0.25) is 0 Å². The van der Waals surface area contributed by atoms with Crippen molar-refractivity contribution in [2.24, 2.45) is 0 Å². The molecular formula is C16H15NO4. The molecule has 0 saturated carbocycles. The minimum Gasteiger partial charge on any atom is -0.488 e. The highest BCUT2D eigenvalue weighted by atomic mass is 16.6. The van der Waals surface area contributed by atoms with E-state index in [1.165, 1.54) is 13.0 Å². The van der Waals surface area contributed by atoms with Crippen LogP contribution in [0.25, 0.3) is 0 Å². The van der Waals surface area contributed by atoms with Crippen molar-refractivity contribution in [3.63, 3.8) is 0 Å². The summed E-state index contributed by atoms with van der Waals surface area (Å²) in [6.45, 7) is 3.22. The summed E-state index contributed by atoms with van der Waals surface area (Å²) in [5.74, 6) is 0.0787. The second kappa shape index (κ2) is 6.17. The Hall–Kier alpha value is -2.69. The molecular weight excluding hydrogens is 270 g/mol. The molecule has 2 aromatic rings. The highest BCUT2D eigenvalue weighted by molar-refractivity contribution is 5.98. The van der Waals surface area contributed by atoms with E-state index >= 15 is 0 Å². The van der Waals surface area contributed by atoms with E-state index in [2.05, 4.69) is 0 Å². The van der Waals surface area contributed by atoms with Gasteiger partial charge in [0.05, 0.1) is 16.1 Å². The van der Waals surface area contributed by atoms with Crippen LogP contribution in [0.15, 0.2) is 42.5 Å². The first-order valence-corrected chi connectivity index (χ1v) is 6.46. The van der Waals surface area contributed by atoms with Crippen molar-refractivity contribution in [2.75, 3.05) is 0 Å². The second-order valence-electron chi connectivity index (χ2n) is 4.67. The molecule has 0 radical (unpaired) electrons. The van der Waals surface area contributed by atoms with Gasteiger partial charge >= 0.3 is 0 Å². The molecule has 0 unspecified atom stereocenters. The number of nitro groups is 1. The molecule has 0 aromatic heterocycles. The van der Waals surface area contributed by atoms with Crippen LogP contribution in [0.4, 0.5) is 5.69 Å². The fraction of sp³-hybridized carbons (Fsp3) is 0.188. The molecule has 0 aliphatic carbocycles. The average Bonchev–Trinajstić information content (AvgIpc) is 2.46. The predicted molar refractivity (Wildman–Crippen MR) is 78.6 cm³/mol. The number of ketones is 1. The average molecular weight is 285 g/mol. The number of nitro benzene ring substituents is 1. The molecule has 0 atom stereocenters. The maximum absolute atomic E-state index is 11.5. The lowest BCUT2D eigenvalue weighted by Crippen LogP contribution is -2.05. The van der Waals surface area contributed by atoms with Gasteiger partial charge in [0.2, 0.25) is 0 Å². The van der Waals surface area contributed by atoms with Gasteiger partial charge in [-0.25, -0.2) is 0 Å². The molecule has 0 fully saturated rings. The maximum Gasteiger partial charge on any atom is 0.286 e. The van der Waals surface area contributed by atoms with Crippen molar-refractivity contribution >= 4 is 11.5 Å². The van der Waals surface area contributed by atoms with Gasteiger partial charge in [-0.15, -0.1) is 0 Å². The first-order valence-electron chi connectivity index (χ1n) is 6.46. The van der Waals surface area contributed by atoms with E-state index in [-0.39, 0.29) is 17.0 Å². The van der Waals surface area contributed by atoms with Gasteiger partial charge in [0.15, 0.2) is 5.78 Å². The van der Waals surface area contributed by atoms with Crippen LogP contribution >= 0.6 is 0 Å². The second-order valence-corrected chi connectivity index (χ2v) is 4.67. The van der Waals surface area contributed by atoms with Crippen LogP contribution in [-0.2, 0) is 6.61 Å². The number of carbonyl (C=O) groups is 1. The predicted octanol–water partition coefficient (Wildman–Crippen LogP) is 3.68. The van der Waals surface area contributed by atoms with Crippen LogP contribution in [0.3, 0.4) is 0 Å². The van der Waals surface area contributed by atoms with Gasteiger partial charge in [-0.05, 0) is 31.5 Å². The number of carbonyl (C=O) groups excluding carboxylic acids is 1. The number of hydrogen-bond donors (Lipinski definition) is 0. The molecule has 0 spiro atoms. The summed E-state index contributed by atoms with van der Waals surface area (Å²) in [6.07, 6.45) is 0. The van der Waals surface area contributed by atoms with Crippen LogP contribution in [-0.4, -0.2) is 10.7 Å². The van der Waals surface area contributed by atoms with Crippen LogP contribution < -0.4 is 4.74 Å². The van der Waals surface area contributed by atoms with Gasteiger partial charge in [0.25, 0.3) is 5.69 Å². The molecule has 5 heteroatoms. The minimum atomic E-state index is -0.540. The highest BCUT2D eigenvalue weighted by Gasteiger charge is 2.23. The zero-order chi connectivity index (χ0) is 15.4. The molecule has 0 N–H and O–H groups in total. The third-order valence-electron chi connectivity index (χ3n) is 3.18. The Kier molecular flexibility index (Phi) is 4.33. The van der Waals surface area contributed by atoms with E-state index in [1.54, 1.807) is 13.0 Å². The molecule has 2 rings (SSSR count). The summed E-state index contributed by atoms with van der Waals surface area (Å²) in [5, 5.41) is 11.2. The summed E-state index contributed by atoms with van der Waals surface area (Å²) >= 11 is 0. The third-order valence-corrected chi connectivity index (χ3v) is 3.18. The van der Waals surface area contributed by atoms with Crippen molar-refractivity contribution in [1.82, 2.24) is 0 Å².